The van der Waals surface area contributed by atoms with E-state index in [1.807, 2.05) is 6.92 Å². The van der Waals surface area contributed by atoms with Crippen LogP contribution in [-0.4, -0.2) is 29.3 Å². The van der Waals surface area contributed by atoms with Gasteiger partial charge in [-0.25, -0.2) is 0 Å². The van der Waals surface area contributed by atoms with Crippen LogP contribution in [0.3, 0.4) is 0 Å². The van der Waals surface area contributed by atoms with E-state index >= 15 is 0 Å². The number of rotatable bonds is 4. The van der Waals surface area contributed by atoms with E-state index in [1.165, 1.54) is 23.1 Å². The minimum atomic E-state index is -0.526. The van der Waals surface area contributed by atoms with E-state index in [-0.39, 0.29) is 17.2 Å². The van der Waals surface area contributed by atoms with Gasteiger partial charge in [0.25, 0.3) is 11.6 Å². The van der Waals surface area contributed by atoms with Gasteiger partial charge in [0.2, 0.25) is 0 Å². The predicted molar refractivity (Wildman–Crippen MR) is 72.6 cm³/mol. The second kappa shape index (κ2) is 5.77. The first-order valence-corrected chi connectivity index (χ1v) is 5.96. The molecule has 1 aromatic carbocycles. The maximum atomic E-state index is 12.1. The van der Waals surface area contributed by atoms with Gasteiger partial charge in [0.15, 0.2) is 0 Å². The quantitative estimate of drug-likeness (QED) is 0.487. The molecule has 0 fully saturated rings. The van der Waals surface area contributed by atoms with Gasteiger partial charge in [-0.3, -0.25) is 14.9 Å². The number of carbonyl (C=O) groups excluding carboxylic acids is 1. The molecule has 6 heteroatoms. The zero-order valence-corrected chi connectivity index (χ0v) is 11.7. The first kappa shape index (κ1) is 14.4. The van der Waals surface area contributed by atoms with Crippen molar-refractivity contribution < 1.29 is 9.72 Å². The lowest BCUT2D eigenvalue weighted by molar-refractivity contribution is -0.384. The van der Waals surface area contributed by atoms with Gasteiger partial charge in [0, 0.05) is 30.2 Å². The number of halogens is 1. The highest BCUT2D eigenvalue weighted by Gasteiger charge is 2.18. The summed E-state index contributed by atoms with van der Waals surface area (Å²) in [5.74, 6) is -0.284. The fraction of sp³-hybridized carbons (Fsp3) is 0.250. The van der Waals surface area contributed by atoms with E-state index in [2.05, 4.69) is 22.5 Å². The number of non-ortho nitro benzene ring substituents is 1. The van der Waals surface area contributed by atoms with Crippen LogP contribution in [0.25, 0.3) is 0 Å². The van der Waals surface area contributed by atoms with Gasteiger partial charge in [-0.2, -0.15) is 0 Å². The lowest BCUT2D eigenvalue weighted by Crippen LogP contribution is -2.28. The van der Waals surface area contributed by atoms with E-state index in [1.54, 1.807) is 7.05 Å². The number of hydrogen-bond donors (Lipinski definition) is 0. The van der Waals surface area contributed by atoms with Crippen molar-refractivity contribution in [2.45, 2.75) is 6.92 Å². The molecule has 0 radical (unpaired) electrons. The van der Waals surface area contributed by atoms with Crippen LogP contribution < -0.4 is 0 Å². The second-order valence-corrected chi connectivity index (χ2v) is 4.89. The molecule has 0 spiro atoms. The predicted octanol–water partition coefficient (Wildman–Crippen LogP) is 3.01. The topological polar surface area (TPSA) is 63.5 Å². The highest BCUT2D eigenvalue weighted by Crippen LogP contribution is 2.23. The van der Waals surface area contributed by atoms with Gasteiger partial charge >= 0.3 is 0 Å². The Morgan fingerprint density at radius 3 is 2.67 bits per heavy atom. The van der Waals surface area contributed by atoms with Crippen molar-refractivity contribution in [3.63, 3.8) is 0 Å². The summed E-state index contributed by atoms with van der Waals surface area (Å²) in [6.45, 7) is 5.95. The summed E-state index contributed by atoms with van der Waals surface area (Å²) in [5, 5.41) is 10.7. The van der Waals surface area contributed by atoms with Gasteiger partial charge in [-0.15, -0.1) is 0 Å². The Labute approximate surface area is 113 Å². The first-order valence-electron chi connectivity index (χ1n) is 5.16. The van der Waals surface area contributed by atoms with E-state index in [0.29, 0.717) is 11.0 Å². The van der Waals surface area contributed by atoms with E-state index in [9.17, 15) is 14.9 Å². The number of nitrogens with zero attached hydrogens (tertiary/aromatic N) is 2. The molecule has 0 aliphatic heterocycles. The van der Waals surface area contributed by atoms with Crippen LogP contribution in [0, 0.1) is 10.1 Å². The van der Waals surface area contributed by atoms with Crippen molar-refractivity contribution in [2.75, 3.05) is 13.6 Å². The Morgan fingerprint density at radius 2 is 2.17 bits per heavy atom. The van der Waals surface area contributed by atoms with Crippen LogP contribution in [0.15, 0.2) is 34.8 Å². The minimum Gasteiger partial charge on any atom is -0.338 e. The molecule has 0 aliphatic carbocycles. The maximum absolute atomic E-state index is 12.1. The molecule has 0 saturated carbocycles. The third kappa shape index (κ3) is 3.40. The molecule has 0 aliphatic rings. The number of carbonyl (C=O) groups is 1. The van der Waals surface area contributed by atoms with Crippen LogP contribution in [0.5, 0.6) is 0 Å². The van der Waals surface area contributed by atoms with Gasteiger partial charge in [-0.1, -0.05) is 12.2 Å². The molecular weight excluding hydrogens is 300 g/mol. The molecule has 5 nitrogen and oxygen atoms in total. The molecule has 1 rings (SSSR count). The Morgan fingerprint density at radius 1 is 1.56 bits per heavy atom. The van der Waals surface area contributed by atoms with Crippen molar-refractivity contribution in [1.82, 2.24) is 4.90 Å². The minimum absolute atomic E-state index is 0.106. The summed E-state index contributed by atoms with van der Waals surface area (Å²) in [7, 11) is 1.63. The molecule has 0 heterocycles. The number of nitro groups is 1. The summed E-state index contributed by atoms with van der Waals surface area (Å²) in [6.07, 6.45) is 0. The summed E-state index contributed by atoms with van der Waals surface area (Å²) in [4.78, 5) is 23.7. The summed E-state index contributed by atoms with van der Waals surface area (Å²) < 4.78 is 0.534. The monoisotopic (exact) mass is 312 g/mol. The molecule has 1 aromatic rings. The van der Waals surface area contributed by atoms with Crippen LogP contribution in [0.1, 0.15) is 17.3 Å². The van der Waals surface area contributed by atoms with E-state index < -0.39 is 4.92 Å². The standard InChI is InChI=1S/C12H13BrN2O3/c1-8(2)7-14(3)12(16)10-6-9(15(17)18)4-5-11(10)13/h4-6H,1,7H2,2-3H3. The Bertz CT molecular complexity index is 514. The van der Waals surface area contributed by atoms with Gasteiger partial charge in [0.1, 0.15) is 0 Å². The maximum Gasteiger partial charge on any atom is 0.270 e. The van der Waals surface area contributed by atoms with Crippen LogP contribution in [0.2, 0.25) is 0 Å². The molecule has 0 bridgehead atoms. The second-order valence-electron chi connectivity index (χ2n) is 4.04. The summed E-state index contributed by atoms with van der Waals surface area (Å²) >= 11 is 3.22. The fourth-order valence-corrected chi connectivity index (χ4v) is 1.89. The Balaban J connectivity index is 3.08. The molecular formula is C12H13BrN2O3. The van der Waals surface area contributed by atoms with Gasteiger partial charge in [-0.05, 0) is 28.9 Å². The first-order chi connectivity index (χ1) is 8.32. The lowest BCUT2D eigenvalue weighted by atomic mass is 10.1. The normalized spacial score (nSPS) is 9.94. The number of nitro benzene ring substituents is 1. The summed E-state index contributed by atoms with van der Waals surface area (Å²) in [5.41, 5.74) is 1.01. The van der Waals surface area contributed by atoms with E-state index in [4.69, 9.17) is 0 Å². The smallest absolute Gasteiger partial charge is 0.270 e. The largest absolute Gasteiger partial charge is 0.338 e. The molecule has 1 amide bonds. The average Bonchev–Trinajstić information content (AvgIpc) is 2.27. The molecule has 0 unspecified atom stereocenters. The Kier molecular flexibility index (Phi) is 4.61. The zero-order chi connectivity index (χ0) is 13.9. The van der Waals surface area contributed by atoms with Crippen LogP contribution >= 0.6 is 15.9 Å². The van der Waals surface area contributed by atoms with Crippen LogP contribution in [0.4, 0.5) is 5.69 Å². The molecule has 0 atom stereocenters. The zero-order valence-electron chi connectivity index (χ0n) is 10.1. The van der Waals surface area contributed by atoms with E-state index in [0.717, 1.165) is 5.57 Å². The van der Waals surface area contributed by atoms with Gasteiger partial charge in [0.05, 0.1) is 10.5 Å². The third-order valence-corrected chi connectivity index (χ3v) is 2.94. The molecule has 0 N–H and O–H groups in total. The van der Waals surface area contributed by atoms with Gasteiger partial charge < -0.3 is 4.90 Å². The van der Waals surface area contributed by atoms with Crippen LogP contribution in [-0.2, 0) is 0 Å². The number of amides is 1. The van der Waals surface area contributed by atoms with Crippen molar-refractivity contribution in [2.24, 2.45) is 0 Å². The van der Waals surface area contributed by atoms with Crippen molar-refractivity contribution in [1.29, 1.82) is 0 Å². The highest BCUT2D eigenvalue weighted by molar-refractivity contribution is 9.10. The number of hydrogen-bond acceptors (Lipinski definition) is 3. The molecule has 0 aromatic heterocycles. The van der Waals surface area contributed by atoms with Crippen molar-refractivity contribution in [3.8, 4) is 0 Å². The SMILES string of the molecule is C=C(C)CN(C)C(=O)c1cc([N+](=O)[O-])ccc1Br. The lowest BCUT2D eigenvalue weighted by Gasteiger charge is -2.17. The highest BCUT2D eigenvalue weighted by atomic mass is 79.9. The number of benzene rings is 1. The van der Waals surface area contributed by atoms with Crippen molar-refractivity contribution in [3.05, 3.63) is 50.5 Å². The number of likely N-dealkylation sites (N-methyl/N-ethyl adjacent to an activating group) is 1. The van der Waals surface area contributed by atoms with Crippen molar-refractivity contribution >= 4 is 27.5 Å². The third-order valence-electron chi connectivity index (χ3n) is 2.24. The molecule has 96 valence electrons. The average molecular weight is 313 g/mol. The fourth-order valence-electron chi connectivity index (χ4n) is 1.47. The molecule has 0 saturated heterocycles. The molecule has 18 heavy (non-hydrogen) atoms. The summed E-state index contributed by atoms with van der Waals surface area (Å²) in [6, 6.07) is 4.11. The Hall–Kier alpha value is -1.69.